The Balaban J connectivity index is 2.29. The van der Waals surface area contributed by atoms with Crippen LogP contribution in [0.15, 0.2) is 24.3 Å². The van der Waals surface area contributed by atoms with Crippen LogP contribution in [0.3, 0.4) is 0 Å². The lowest BCUT2D eigenvalue weighted by molar-refractivity contribution is 0.205. The number of rotatable bonds is 4. The van der Waals surface area contributed by atoms with Gasteiger partial charge in [-0.2, -0.15) is 0 Å². The molecule has 1 aromatic rings. The van der Waals surface area contributed by atoms with E-state index < -0.39 is 0 Å². The number of halogens is 1. The molecule has 2 unspecified atom stereocenters. The highest BCUT2D eigenvalue weighted by Crippen LogP contribution is 2.30. The Kier molecular flexibility index (Phi) is 4.13. The molecule has 0 saturated carbocycles. The fourth-order valence-electron chi connectivity index (χ4n) is 2.66. The minimum absolute atomic E-state index is 0.00463. The van der Waals surface area contributed by atoms with Crippen molar-refractivity contribution in [2.24, 2.45) is 5.73 Å². The van der Waals surface area contributed by atoms with Gasteiger partial charge >= 0.3 is 0 Å². The molecule has 2 atom stereocenters. The van der Waals surface area contributed by atoms with Crippen molar-refractivity contribution in [2.45, 2.75) is 38.3 Å². The van der Waals surface area contributed by atoms with Crippen molar-refractivity contribution in [3.63, 3.8) is 0 Å². The molecule has 1 fully saturated rings. The highest BCUT2D eigenvalue weighted by molar-refractivity contribution is 5.23. The number of benzene rings is 1. The lowest BCUT2D eigenvalue weighted by Crippen LogP contribution is -2.39. The summed E-state index contributed by atoms with van der Waals surface area (Å²) in [6.07, 6.45) is 3.26. The van der Waals surface area contributed by atoms with E-state index in [1.807, 2.05) is 12.1 Å². The molecule has 2 nitrogen and oxygen atoms in total. The SMILES string of the molecule is CCC(N)C(c1ccccc1F)N1CCCC1. The molecule has 1 saturated heterocycles. The third kappa shape index (κ3) is 2.67. The van der Waals surface area contributed by atoms with Crippen molar-refractivity contribution in [3.05, 3.63) is 35.6 Å². The second kappa shape index (κ2) is 5.61. The predicted octanol–water partition coefficient (Wildman–Crippen LogP) is 2.70. The van der Waals surface area contributed by atoms with Gasteiger partial charge in [-0.3, -0.25) is 4.90 Å². The largest absolute Gasteiger partial charge is 0.326 e. The quantitative estimate of drug-likeness (QED) is 0.871. The van der Waals surface area contributed by atoms with Crippen LogP contribution < -0.4 is 5.73 Å². The van der Waals surface area contributed by atoms with Crippen LogP contribution in [-0.2, 0) is 0 Å². The van der Waals surface area contributed by atoms with E-state index in [9.17, 15) is 4.39 Å². The van der Waals surface area contributed by atoms with Crippen molar-refractivity contribution in [1.29, 1.82) is 0 Å². The Labute approximate surface area is 103 Å². The maximum absolute atomic E-state index is 13.9. The molecule has 1 aromatic carbocycles. The molecule has 0 amide bonds. The van der Waals surface area contributed by atoms with E-state index in [1.165, 1.54) is 18.9 Å². The van der Waals surface area contributed by atoms with Gasteiger partial charge in [-0.1, -0.05) is 25.1 Å². The van der Waals surface area contributed by atoms with Crippen molar-refractivity contribution in [2.75, 3.05) is 13.1 Å². The maximum Gasteiger partial charge on any atom is 0.128 e. The van der Waals surface area contributed by atoms with Gasteiger partial charge in [-0.15, -0.1) is 0 Å². The van der Waals surface area contributed by atoms with Crippen LogP contribution in [0.25, 0.3) is 0 Å². The zero-order chi connectivity index (χ0) is 12.3. The number of hydrogen-bond donors (Lipinski definition) is 1. The van der Waals surface area contributed by atoms with Crippen molar-refractivity contribution in [1.82, 2.24) is 4.90 Å². The Morgan fingerprint density at radius 2 is 1.94 bits per heavy atom. The fourth-order valence-corrected chi connectivity index (χ4v) is 2.66. The first-order valence-electron chi connectivity index (χ1n) is 6.48. The predicted molar refractivity (Wildman–Crippen MR) is 68.2 cm³/mol. The van der Waals surface area contributed by atoms with Crippen LogP contribution >= 0.6 is 0 Å². The normalized spacial score (nSPS) is 20.4. The summed E-state index contributed by atoms with van der Waals surface area (Å²) in [5.74, 6) is -0.131. The fraction of sp³-hybridized carbons (Fsp3) is 0.571. The minimum Gasteiger partial charge on any atom is -0.326 e. The summed E-state index contributed by atoms with van der Waals surface area (Å²) in [7, 11) is 0. The smallest absolute Gasteiger partial charge is 0.128 e. The second-order valence-corrected chi connectivity index (χ2v) is 4.78. The van der Waals surface area contributed by atoms with Gasteiger partial charge in [0, 0.05) is 11.6 Å². The molecule has 17 heavy (non-hydrogen) atoms. The summed E-state index contributed by atoms with van der Waals surface area (Å²) in [4.78, 5) is 2.33. The number of likely N-dealkylation sites (tertiary alicyclic amines) is 1. The molecule has 1 heterocycles. The number of nitrogens with two attached hydrogens (primary N) is 1. The molecule has 0 spiro atoms. The van der Waals surface area contributed by atoms with Gasteiger partial charge in [0.2, 0.25) is 0 Å². The van der Waals surface area contributed by atoms with E-state index >= 15 is 0 Å². The van der Waals surface area contributed by atoms with Crippen molar-refractivity contribution in [3.8, 4) is 0 Å². The molecular weight excluding hydrogens is 215 g/mol. The molecule has 2 N–H and O–H groups in total. The van der Waals surface area contributed by atoms with Crippen LogP contribution in [-0.4, -0.2) is 24.0 Å². The molecule has 0 radical (unpaired) electrons. The van der Waals surface area contributed by atoms with E-state index in [2.05, 4.69) is 11.8 Å². The van der Waals surface area contributed by atoms with Gasteiger partial charge in [-0.05, 0) is 38.4 Å². The molecule has 94 valence electrons. The summed E-state index contributed by atoms with van der Waals surface area (Å²) in [5, 5.41) is 0. The van der Waals surface area contributed by atoms with E-state index in [0.717, 1.165) is 25.1 Å². The first-order valence-corrected chi connectivity index (χ1v) is 6.48. The summed E-state index contributed by atoms with van der Waals surface area (Å²) >= 11 is 0. The van der Waals surface area contributed by atoms with Crippen LogP contribution in [0.4, 0.5) is 4.39 Å². The topological polar surface area (TPSA) is 29.3 Å². The summed E-state index contributed by atoms with van der Waals surface area (Å²) in [5.41, 5.74) is 6.94. The second-order valence-electron chi connectivity index (χ2n) is 4.78. The molecule has 0 aromatic heterocycles. The first-order chi connectivity index (χ1) is 8.24. The van der Waals surface area contributed by atoms with Crippen LogP contribution in [0.5, 0.6) is 0 Å². The molecule has 3 heteroatoms. The lowest BCUT2D eigenvalue weighted by atomic mass is 9.96. The van der Waals surface area contributed by atoms with Crippen molar-refractivity contribution < 1.29 is 4.39 Å². The molecule has 2 rings (SSSR count). The van der Waals surface area contributed by atoms with Gasteiger partial charge in [0.25, 0.3) is 0 Å². The first kappa shape index (κ1) is 12.5. The number of nitrogens with zero attached hydrogens (tertiary/aromatic N) is 1. The van der Waals surface area contributed by atoms with Gasteiger partial charge in [0.15, 0.2) is 0 Å². The average Bonchev–Trinajstić information content (AvgIpc) is 2.85. The van der Waals surface area contributed by atoms with E-state index in [1.54, 1.807) is 6.07 Å². The minimum atomic E-state index is -0.131. The van der Waals surface area contributed by atoms with E-state index in [4.69, 9.17) is 5.73 Å². The molecule has 1 aliphatic rings. The van der Waals surface area contributed by atoms with Crippen LogP contribution in [0.2, 0.25) is 0 Å². The van der Waals surface area contributed by atoms with E-state index in [-0.39, 0.29) is 17.9 Å². The monoisotopic (exact) mass is 236 g/mol. The summed E-state index contributed by atoms with van der Waals surface area (Å²) in [6, 6.07) is 7.06. The third-order valence-corrected chi connectivity index (χ3v) is 3.63. The molecule has 1 aliphatic heterocycles. The molecular formula is C14H21FN2. The van der Waals surface area contributed by atoms with Crippen LogP contribution in [0.1, 0.15) is 37.8 Å². The van der Waals surface area contributed by atoms with Gasteiger partial charge in [0.1, 0.15) is 5.82 Å². The average molecular weight is 236 g/mol. The zero-order valence-corrected chi connectivity index (χ0v) is 10.4. The Hall–Kier alpha value is -0.930. The lowest BCUT2D eigenvalue weighted by Gasteiger charge is -2.32. The van der Waals surface area contributed by atoms with Gasteiger partial charge in [-0.25, -0.2) is 4.39 Å². The van der Waals surface area contributed by atoms with E-state index in [0.29, 0.717) is 0 Å². The van der Waals surface area contributed by atoms with Gasteiger partial charge in [0.05, 0.1) is 6.04 Å². The maximum atomic E-state index is 13.9. The Morgan fingerprint density at radius 3 is 2.53 bits per heavy atom. The van der Waals surface area contributed by atoms with Gasteiger partial charge < -0.3 is 5.73 Å². The Bertz CT molecular complexity index is 361. The standard InChI is InChI=1S/C14H21FN2/c1-2-13(16)14(17-9-5-6-10-17)11-7-3-4-8-12(11)15/h3-4,7-8,13-14H,2,5-6,9-10,16H2,1H3. The summed E-state index contributed by atoms with van der Waals surface area (Å²) in [6.45, 7) is 4.13. The van der Waals surface area contributed by atoms with Crippen molar-refractivity contribution >= 4 is 0 Å². The third-order valence-electron chi connectivity index (χ3n) is 3.63. The highest BCUT2D eigenvalue weighted by Gasteiger charge is 2.29. The summed E-state index contributed by atoms with van der Waals surface area (Å²) < 4.78 is 13.9. The molecule has 0 bridgehead atoms. The van der Waals surface area contributed by atoms with Crippen LogP contribution in [0, 0.1) is 5.82 Å². The Morgan fingerprint density at radius 1 is 1.29 bits per heavy atom. The molecule has 0 aliphatic carbocycles. The number of hydrogen-bond acceptors (Lipinski definition) is 2. The highest BCUT2D eigenvalue weighted by atomic mass is 19.1. The zero-order valence-electron chi connectivity index (χ0n) is 10.4.